The lowest BCUT2D eigenvalue weighted by molar-refractivity contribution is -0.109. The summed E-state index contributed by atoms with van der Waals surface area (Å²) in [7, 11) is 0. The lowest BCUT2D eigenvalue weighted by Crippen LogP contribution is -2.49. The number of fused-ring (bicyclic) bond motifs is 1. The Kier molecular flexibility index (Phi) is 7.35. The third-order valence-electron chi connectivity index (χ3n) is 5.95. The number of aryl methyl sites for hydroxylation is 1. The van der Waals surface area contributed by atoms with E-state index in [1.165, 1.54) is 42.6 Å². The first-order valence-electron chi connectivity index (χ1n) is 10.1. The minimum Gasteiger partial charge on any atom is -0.492 e. The average molecular weight is 401 g/mol. The first-order chi connectivity index (χ1) is 13.3. The largest absolute Gasteiger partial charge is 0.492 e. The van der Waals surface area contributed by atoms with E-state index in [2.05, 4.69) is 58.7 Å². The Balaban J connectivity index is 0.00000225. The fourth-order valence-corrected chi connectivity index (χ4v) is 4.46. The van der Waals surface area contributed by atoms with Crippen LogP contribution in [0.25, 0.3) is 0 Å². The highest BCUT2D eigenvalue weighted by Crippen LogP contribution is 2.40. The summed E-state index contributed by atoms with van der Waals surface area (Å²) < 4.78 is 5.87. The molecule has 1 heterocycles. The van der Waals surface area contributed by atoms with Crippen molar-refractivity contribution < 1.29 is 9.53 Å². The molecular weight excluding hydrogens is 372 g/mol. The first kappa shape index (κ1) is 20.7. The molecule has 2 aliphatic rings. The lowest BCUT2D eigenvalue weighted by atomic mass is 9.75. The quantitative estimate of drug-likeness (QED) is 0.544. The Morgan fingerprint density at radius 3 is 2.68 bits per heavy atom. The standard InChI is InChI=1S/C23H28N2O2.ClH/c26-17-24-11-14-27-20-9-7-19-8-10-23(25-12-4-13-25)22(21(19)16-20)15-18-5-2-1-3-6-18;/h1-3,5-7,9,16-17,22-23H,4,8,10-15H2,(H,24,26);1H. The Hall–Kier alpha value is -2.04. The molecule has 150 valence electrons. The summed E-state index contributed by atoms with van der Waals surface area (Å²) in [6.45, 7) is 3.50. The Labute approximate surface area is 173 Å². The van der Waals surface area contributed by atoms with Gasteiger partial charge in [-0.05, 0) is 67.6 Å². The highest BCUT2D eigenvalue weighted by molar-refractivity contribution is 5.85. The van der Waals surface area contributed by atoms with E-state index in [4.69, 9.17) is 4.74 Å². The van der Waals surface area contributed by atoms with Crippen LogP contribution in [0.4, 0.5) is 0 Å². The minimum absolute atomic E-state index is 0. The predicted molar refractivity (Wildman–Crippen MR) is 114 cm³/mol. The van der Waals surface area contributed by atoms with Crippen molar-refractivity contribution >= 4 is 18.8 Å². The van der Waals surface area contributed by atoms with Crippen LogP contribution < -0.4 is 10.1 Å². The zero-order chi connectivity index (χ0) is 18.5. The summed E-state index contributed by atoms with van der Waals surface area (Å²) in [6, 6.07) is 18.0. The molecule has 2 atom stereocenters. The maximum absolute atomic E-state index is 10.4. The van der Waals surface area contributed by atoms with Crippen molar-refractivity contribution in [2.24, 2.45) is 0 Å². The number of nitrogens with one attached hydrogen (secondary N) is 1. The van der Waals surface area contributed by atoms with Crippen molar-refractivity contribution in [1.82, 2.24) is 10.2 Å². The Bertz CT molecular complexity index is 764. The normalized spacial score (nSPS) is 21.0. The zero-order valence-corrected chi connectivity index (χ0v) is 17.0. The van der Waals surface area contributed by atoms with E-state index in [0.717, 1.165) is 18.6 Å². The molecule has 2 aromatic carbocycles. The summed E-state index contributed by atoms with van der Waals surface area (Å²) >= 11 is 0. The van der Waals surface area contributed by atoms with Gasteiger partial charge in [0, 0.05) is 12.0 Å². The monoisotopic (exact) mass is 400 g/mol. The maximum atomic E-state index is 10.4. The second-order valence-corrected chi connectivity index (χ2v) is 7.57. The molecule has 5 heteroatoms. The molecule has 1 saturated heterocycles. The molecule has 0 spiro atoms. The van der Waals surface area contributed by atoms with Crippen LogP contribution in [0.15, 0.2) is 48.5 Å². The van der Waals surface area contributed by atoms with Gasteiger partial charge in [-0.1, -0.05) is 36.4 Å². The number of halogens is 1. The van der Waals surface area contributed by atoms with E-state index in [-0.39, 0.29) is 12.4 Å². The van der Waals surface area contributed by atoms with Crippen LogP contribution in [0.1, 0.15) is 35.4 Å². The van der Waals surface area contributed by atoms with Crippen LogP contribution in [-0.4, -0.2) is 43.6 Å². The second kappa shape index (κ2) is 9.94. The molecule has 4 rings (SSSR count). The van der Waals surface area contributed by atoms with Gasteiger partial charge in [-0.2, -0.15) is 0 Å². The molecule has 0 aromatic heterocycles. The van der Waals surface area contributed by atoms with Gasteiger partial charge in [0.05, 0.1) is 6.54 Å². The molecule has 1 aliphatic heterocycles. The fourth-order valence-electron chi connectivity index (χ4n) is 4.46. The molecular formula is C23H29ClN2O2. The van der Waals surface area contributed by atoms with Gasteiger partial charge in [-0.15, -0.1) is 12.4 Å². The number of likely N-dealkylation sites (tertiary alicyclic amines) is 1. The van der Waals surface area contributed by atoms with Crippen molar-refractivity contribution in [3.63, 3.8) is 0 Å². The predicted octanol–water partition coefficient (Wildman–Crippen LogP) is 3.58. The maximum Gasteiger partial charge on any atom is 0.207 e. The van der Waals surface area contributed by atoms with Crippen molar-refractivity contribution in [2.75, 3.05) is 26.2 Å². The number of rotatable bonds is 8. The van der Waals surface area contributed by atoms with Gasteiger partial charge in [0.2, 0.25) is 6.41 Å². The van der Waals surface area contributed by atoms with Crippen LogP contribution in [0, 0.1) is 0 Å². The Morgan fingerprint density at radius 2 is 1.96 bits per heavy atom. The van der Waals surface area contributed by atoms with Crippen LogP contribution in [0.3, 0.4) is 0 Å². The number of carbonyl (C=O) groups excluding carboxylic acids is 1. The smallest absolute Gasteiger partial charge is 0.207 e. The molecule has 1 N–H and O–H groups in total. The number of ether oxygens (including phenoxy) is 1. The fraction of sp³-hybridized carbons (Fsp3) is 0.435. The molecule has 1 amide bonds. The van der Waals surface area contributed by atoms with E-state index in [1.54, 1.807) is 0 Å². The summed E-state index contributed by atoms with van der Waals surface area (Å²) in [6.07, 6.45) is 5.51. The third kappa shape index (κ3) is 4.68. The van der Waals surface area contributed by atoms with Gasteiger partial charge in [0.15, 0.2) is 0 Å². The SMILES string of the molecule is Cl.O=CNCCOc1ccc2c(c1)C(Cc1ccccc1)C(N1CCC1)CC2. The van der Waals surface area contributed by atoms with Crippen molar-refractivity contribution in [1.29, 1.82) is 0 Å². The summed E-state index contributed by atoms with van der Waals surface area (Å²) in [5, 5.41) is 2.65. The van der Waals surface area contributed by atoms with Gasteiger partial charge in [-0.3, -0.25) is 9.69 Å². The van der Waals surface area contributed by atoms with E-state index in [9.17, 15) is 4.79 Å². The first-order valence-corrected chi connectivity index (χ1v) is 10.1. The molecule has 2 unspecified atom stereocenters. The molecule has 1 fully saturated rings. The van der Waals surface area contributed by atoms with Gasteiger partial charge in [0.1, 0.15) is 12.4 Å². The molecule has 4 nitrogen and oxygen atoms in total. The van der Waals surface area contributed by atoms with E-state index in [1.807, 2.05) is 0 Å². The number of benzene rings is 2. The minimum atomic E-state index is 0. The summed E-state index contributed by atoms with van der Waals surface area (Å²) in [5.41, 5.74) is 4.32. The zero-order valence-electron chi connectivity index (χ0n) is 16.2. The number of nitrogens with zero attached hydrogens (tertiary/aromatic N) is 1. The topological polar surface area (TPSA) is 41.6 Å². The molecule has 1 aliphatic carbocycles. The highest BCUT2D eigenvalue weighted by atomic mass is 35.5. The molecule has 0 bridgehead atoms. The van der Waals surface area contributed by atoms with Gasteiger partial charge in [0.25, 0.3) is 0 Å². The average Bonchev–Trinajstić information content (AvgIpc) is 2.66. The van der Waals surface area contributed by atoms with Gasteiger partial charge < -0.3 is 10.1 Å². The van der Waals surface area contributed by atoms with Crippen LogP contribution in [0.5, 0.6) is 5.75 Å². The summed E-state index contributed by atoms with van der Waals surface area (Å²) in [4.78, 5) is 13.1. The van der Waals surface area contributed by atoms with Gasteiger partial charge >= 0.3 is 0 Å². The highest BCUT2D eigenvalue weighted by Gasteiger charge is 2.35. The van der Waals surface area contributed by atoms with E-state index in [0.29, 0.717) is 31.5 Å². The summed E-state index contributed by atoms with van der Waals surface area (Å²) in [5.74, 6) is 1.41. The number of hydrogen-bond donors (Lipinski definition) is 1. The molecule has 2 aromatic rings. The number of carbonyl (C=O) groups is 1. The van der Waals surface area contributed by atoms with Crippen molar-refractivity contribution in [3.8, 4) is 5.75 Å². The molecule has 0 saturated carbocycles. The Morgan fingerprint density at radius 1 is 1.14 bits per heavy atom. The third-order valence-corrected chi connectivity index (χ3v) is 5.95. The molecule has 28 heavy (non-hydrogen) atoms. The van der Waals surface area contributed by atoms with Crippen molar-refractivity contribution in [3.05, 3.63) is 65.2 Å². The van der Waals surface area contributed by atoms with Crippen molar-refractivity contribution in [2.45, 2.75) is 37.6 Å². The molecule has 0 radical (unpaired) electrons. The van der Waals surface area contributed by atoms with Crippen LogP contribution in [-0.2, 0) is 17.6 Å². The van der Waals surface area contributed by atoms with E-state index < -0.39 is 0 Å². The number of hydrogen-bond acceptors (Lipinski definition) is 3. The second-order valence-electron chi connectivity index (χ2n) is 7.57. The number of amides is 1. The van der Waals surface area contributed by atoms with E-state index >= 15 is 0 Å². The van der Waals surface area contributed by atoms with Crippen LogP contribution in [0.2, 0.25) is 0 Å². The van der Waals surface area contributed by atoms with Gasteiger partial charge in [-0.25, -0.2) is 0 Å². The van der Waals surface area contributed by atoms with Crippen LogP contribution >= 0.6 is 12.4 Å². The lowest BCUT2D eigenvalue weighted by Gasteiger charge is -2.45.